The lowest BCUT2D eigenvalue weighted by atomic mass is 9.97. The second-order valence-electron chi connectivity index (χ2n) is 5.34. The van der Waals surface area contributed by atoms with Crippen molar-refractivity contribution in [3.8, 4) is 11.5 Å². The van der Waals surface area contributed by atoms with Crippen molar-refractivity contribution in [1.82, 2.24) is 0 Å². The summed E-state index contributed by atoms with van der Waals surface area (Å²) in [4.78, 5) is 0. The molecule has 0 spiro atoms. The molecule has 0 saturated heterocycles. The molecule has 21 heavy (non-hydrogen) atoms. The molecule has 0 aliphatic rings. The zero-order chi connectivity index (χ0) is 15.5. The fourth-order valence-corrected chi connectivity index (χ4v) is 2.65. The van der Waals surface area contributed by atoms with E-state index in [-0.39, 0.29) is 0 Å². The maximum Gasteiger partial charge on any atom is 0.168 e. The highest BCUT2D eigenvalue weighted by Crippen LogP contribution is 2.37. The first-order valence-electron chi connectivity index (χ1n) is 8.18. The number of hydrogen-bond acceptors (Lipinski definition) is 2. The maximum atomic E-state index is 5.57. The van der Waals surface area contributed by atoms with Gasteiger partial charge in [-0.05, 0) is 30.9 Å². The van der Waals surface area contributed by atoms with Crippen LogP contribution in [0.1, 0.15) is 64.4 Å². The van der Waals surface area contributed by atoms with Gasteiger partial charge in [0, 0.05) is 5.56 Å². The van der Waals surface area contributed by atoms with E-state index in [4.69, 9.17) is 9.47 Å². The third kappa shape index (κ3) is 5.45. The van der Waals surface area contributed by atoms with Crippen molar-refractivity contribution in [2.45, 2.75) is 58.8 Å². The minimum Gasteiger partial charge on any atom is -0.493 e. The lowest BCUT2D eigenvalue weighted by Gasteiger charge is -2.15. The van der Waals surface area contributed by atoms with Gasteiger partial charge in [-0.3, -0.25) is 0 Å². The third-order valence-corrected chi connectivity index (χ3v) is 3.75. The van der Waals surface area contributed by atoms with Crippen LogP contribution in [0, 0.1) is 0 Å². The maximum absolute atomic E-state index is 5.57. The first-order valence-corrected chi connectivity index (χ1v) is 8.18. The molecule has 0 fully saturated rings. The highest BCUT2D eigenvalue weighted by atomic mass is 16.5. The van der Waals surface area contributed by atoms with E-state index < -0.39 is 0 Å². The minimum atomic E-state index is 0.808. The average Bonchev–Trinajstić information content (AvgIpc) is 2.52. The summed E-state index contributed by atoms with van der Waals surface area (Å²) in [5.74, 6) is 1.66. The van der Waals surface area contributed by atoms with E-state index in [9.17, 15) is 0 Å². The zero-order valence-electron chi connectivity index (χ0n) is 14.1. The molecule has 0 saturated carbocycles. The van der Waals surface area contributed by atoms with Crippen LogP contribution in [0.2, 0.25) is 0 Å². The van der Waals surface area contributed by atoms with Crippen LogP contribution in [0.15, 0.2) is 24.3 Å². The van der Waals surface area contributed by atoms with E-state index in [1.807, 2.05) is 12.1 Å². The van der Waals surface area contributed by atoms with Crippen LogP contribution in [-0.2, 0) is 0 Å². The van der Waals surface area contributed by atoms with Crippen LogP contribution in [0.3, 0.4) is 0 Å². The van der Waals surface area contributed by atoms with Crippen molar-refractivity contribution < 1.29 is 9.47 Å². The lowest BCUT2D eigenvalue weighted by molar-refractivity contribution is 0.354. The first-order chi connectivity index (χ1) is 10.3. The number of unbranched alkanes of at least 4 members (excludes halogenated alkanes) is 4. The number of ether oxygens (including phenoxy) is 2. The smallest absolute Gasteiger partial charge is 0.168 e. The molecule has 0 unspecified atom stereocenters. The summed E-state index contributed by atoms with van der Waals surface area (Å²) in [5, 5.41) is 0. The molecular formula is C19H30O2. The van der Waals surface area contributed by atoms with Gasteiger partial charge in [0.2, 0.25) is 0 Å². The van der Waals surface area contributed by atoms with Crippen molar-refractivity contribution in [1.29, 1.82) is 0 Å². The molecule has 1 aromatic carbocycles. The van der Waals surface area contributed by atoms with Crippen molar-refractivity contribution in [2.24, 2.45) is 0 Å². The molecule has 0 N–H and O–H groups in total. The molecule has 2 nitrogen and oxygen atoms in total. The Kier molecular flexibility index (Phi) is 8.65. The van der Waals surface area contributed by atoms with Gasteiger partial charge in [-0.15, -0.1) is 0 Å². The first kappa shape index (κ1) is 17.6. The molecule has 0 aliphatic carbocycles. The largest absolute Gasteiger partial charge is 0.493 e. The molecule has 1 aromatic rings. The molecule has 0 bridgehead atoms. The summed E-state index contributed by atoms with van der Waals surface area (Å²) in [7, 11) is 3.40. The standard InChI is InChI=1S/C19H30O2/c1-5-7-8-9-10-13-16(12-6-2)17-14-11-15-18(20-3)19(17)21-4/h11-12,14-15H,5-10,13H2,1-4H3/b16-12-. The van der Waals surface area contributed by atoms with Gasteiger partial charge in [0.15, 0.2) is 11.5 Å². The third-order valence-electron chi connectivity index (χ3n) is 3.75. The Hall–Kier alpha value is -1.44. The van der Waals surface area contributed by atoms with Crippen LogP contribution in [0.4, 0.5) is 0 Å². The topological polar surface area (TPSA) is 18.5 Å². The zero-order valence-corrected chi connectivity index (χ0v) is 14.1. The van der Waals surface area contributed by atoms with Gasteiger partial charge in [0.05, 0.1) is 14.2 Å². The number of methoxy groups -OCH3 is 2. The van der Waals surface area contributed by atoms with Gasteiger partial charge in [0.1, 0.15) is 0 Å². The van der Waals surface area contributed by atoms with Gasteiger partial charge in [0.25, 0.3) is 0 Å². The van der Waals surface area contributed by atoms with Crippen molar-refractivity contribution in [3.63, 3.8) is 0 Å². The van der Waals surface area contributed by atoms with E-state index in [2.05, 4.69) is 26.0 Å². The lowest BCUT2D eigenvalue weighted by Crippen LogP contribution is -1.96. The molecule has 118 valence electrons. The Morgan fingerprint density at radius 1 is 1.00 bits per heavy atom. The van der Waals surface area contributed by atoms with E-state index in [0.29, 0.717) is 0 Å². The highest BCUT2D eigenvalue weighted by molar-refractivity contribution is 5.73. The van der Waals surface area contributed by atoms with Crippen molar-refractivity contribution >= 4 is 5.57 Å². The second kappa shape index (κ2) is 10.3. The van der Waals surface area contributed by atoms with Crippen LogP contribution in [0.25, 0.3) is 5.57 Å². The Labute approximate surface area is 130 Å². The predicted octanol–water partition coefficient (Wildman–Crippen LogP) is 5.86. The Bertz CT molecular complexity index is 435. The Balaban J connectivity index is 2.83. The summed E-state index contributed by atoms with van der Waals surface area (Å²) < 4.78 is 11.0. The molecule has 0 heterocycles. The molecule has 0 radical (unpaired) electrons. The average molecular weight is 290 g/mol. The Morgan fingerprint density at radius 2 is 1.76 bits per heavy atom. The fraction of sp³-hybridized carbons (Fsp3) is 0.579. The molecular weight excluding hydrogens is 260 g/mol. The van der Waals surface area contributed by atoms with Crippen LogP contribution >= 0.6 is 0 Å². The highest BCUT2D eigenvalue weighted by Gasteiger charge is 2.12. The minimum absolute atomic E-state index is 0.808. The van der Waals surface area contributed by atoms with Gasteiger partial charge in [-0.2, -0.15) is 0 Å². The summed E-state index contributed by atoms with van der Waals surface area (Å²) in [5.41, 5.74) is 2.55. The number of benzene rings is 1. The predicted molar refractivity (Wildman–Crippen MR) is 91.2 cm³/mol. The molecule has 0 aromatic heterocycles. The monoisotopic (exact) mass is 290 g/mol. The Morgan fingerprint density at radius 3 is 2.38 bits per heavy atom. The summed E-state index contributed by atoms with van der Waals surface area (Å²) in [6.45, 7) is 4.44. The second-order valence-corrected chi connectivity index (χ2v) is 5.34. The number of allylic oxidation sites excluding steroid dienone is 2. The van der Waals surface area contributed by atoms with E-state index in [1.54, 1.807) is 14.2 Å². The summed E-state index contributed by atoms with van der Waals surface area (Å²) in [6, 6.07) is 6.12. The molecule has 1 rings (SSSR count). The summed E-state index contributed by atoms with van der Waals surface area (Å²) in [6.07, 6.45) is 11.0. The van der Waals surface area contributed by atoms with Gasteiger partial charge >= 0.3 is 0 Å². The van der Waals surface area contributed by atoms with Gasteiger partial charge in [-0.25, -0.2) is 0 Å². The molecule has 2 heteroatoms. The molecule has 0 aliphatic heterocycles. The van der Waals surface area contributed by atoms with E-state index >= 15 is 0 Å². The van der Waals surface area contributed by atoms with Gasteiger partial charge in [-0.1, -0.05) is 57.7 Å². The number of para-hydroxylation sites is 1. The van der Waals surface area contributed by atoms with Crippen LogP contribution in [0.5, 0.6) is 11.5 Å². The van der Waals surface area contributed by atoms with E-state index in [0.717, 1.165) is 24.3 Å². The SMILES string of the molecule is CC/C=C(/CCCCCCC)c1cccc(OC)c1OC. The number of rotatable bonds is 10. The fourth-order valence-electron chi connectivity index (χ4n) is 2.65. The normalized spacial score (nSPS) is 11.5. The van der Waals surface area contributed by atoms with Crippen LogP contribution in [-0.4, -0.2) is 14.2 Å². The van der Waals surface area contributed by atoms with Crippen molar-refractivity contribution in [2.75, 3.05) is 14.2 Å². The molecule has 0 amide bonds. The molecule has 0 atom stereocenters. The quantitative estimate of drug-likeness (QED) is 0.503. The van der Waals surface area contributed by atoms with Crippen LogP contribution < -0.4 is 9.47 Å². The summed E-state index contributed by atoms with van der Waals surface area (Å²) >= 11 is 0. The number of hydrogen-bond donors (Lipinski definition) is 0. The van der Waals surface area contributed by atoms with Crippen molar-refractivity contribution in [3.05, 3.63) is 29.8 Å². The van der Waals surface area contributed by atoms with E-state index in [1.165, 1.54) is 43.2 Å². The van der Waals surface area contributed by atoms with Gasteiger partial charge < -0.3 is 9.47 Å².